The maximum Gasteiger partial charge on any atom is 0.212 e. The van der Waals surface area contributed by atoms with Crippen LogP contribution in [0.25, 0.3) is 0 Å². The minimum absolute atomic E-state index is 0.303. The van der Waals surface area contributed by atoms with Crippen LogP contribution in [0.4, 0.5) is 4.39 Å². The van der Waals surface area contributed by atoms with Crippen molar-refractivity contribution in [2.24, 2.45) is 0 Å². The Bertz CT molecular complexity index is 535. The Hall–Kier alpha value is -1.77. The summed E-state index contributed by atoms with van der Waals surface area (Å²) in [4.78, 5) is 8.00. The first-order valence-electron chi connectivity index (χ1n) is 6.61. The molecule has 2 nitrogen and oxygen atoms in total. The van der Waals surface area contributed by atoms with Crippen molar-refractivity contribution in [3.05, 3.63) is 59.4 Å². The van der Waals surface area contributed by atoms with Gasteiger partial charge in [0.15, 0.2) is 0 Å². The summed E-state index contributed by atoms with van der Waals surface area (Å²) in [6, 6.07) is 5.41. The van der Waals surface area contributed by atoms with E-state index in [1.54, 1.807) is 12.3 Å². The molecular weight excluding hydrogens is 239 g/mol. The van der Waals surface area contributed by atoms with Gasteiger partial charge in [-0.25, -0.2) is 4.98 Å². The molecule has 2 rings (SSSR count). The standard InChI is InChI=1S/C16H19FN2/c1-11(2)15-7-13(8-18-9-15)6-12(3)14-4-5-16(17)19-10-14/h4-5,7-12H,6H2,1-3H3. The number of rotatable bonds is 4. The average Bonchev–Trinajstić information content (AvgIpc) is 2.39. The Morgan fingerprint density at radius 3 is 2.47 bits per heavy atom. The number of hydrogen-bond acceptors (Lipinski definition) is 2. The summed E-state index contributed by atoms with van der Waals surface area (Å²) >= 11 is 0. The molecule has 0 bridgehead atoms. The van der Waals surface area contributed by atoms with Gasteiger partial charge in [-0.15, -0.1) is 0 Å². The summed E-state index contributed by atoms with van der Waals surface area (Å²) in [5, 5.41) is 0. The van der Waals surface area contributed by atoms with Crippen LogP contribution in [0.1, 0.15) is 49.3 Å². The predicted octanol–water partition coefficient (Wildman–Crippen LogP) is 4.09. The van der Waals surface area contributed by atoms with Gasteiger partial charge in [0.2, 0.25) is 5.95 Å². The van der Waals surface area contributed by atoms with Crippen LogP contribution in [0.2, 0.25) is 0 Å². The van der Waals surface area contributed by atoms with Crippen molar-refractivity contribution >= 4 is 0 Å². The highest BCUT2D eigenvalue weighted by molar-refractivity contribution is 5.24. The first kappa shape index (κ1) is 13.7. The quantitative estimate of drug-likeness (QED) is 0.772. The van der Waals surface area contributed by atoms with Gasteiger partial charge in [-0.3, -0.25) is 4.98 Å². The molecule has 0 aliphatic heterocycles. The largest absolute Gasteiger partial charge is 0.264 e. The van der Waals surface area contributed by atoms with Crippen LogP contribution in [-0.2, 0) is 6.42 Å². The highest BCUT2D eigenvalue weighted by Gasteiger charge is 2.09. The van der Waals surface area contributed by atoms with E-state index < -0.39 is 5.95 Å². The molecule has 1 unspecified atom stereocenters. The van der Waals surface area contributed by atoms with Gasteiger partial charge in [0.1, 0.15) is 0 Å². The van der Waals surface area contributed by atoms with Gasteiger partial charge in [-0.05, 0) is 41.0 Å². The summed E-state index contributed by atoms with van der Waals surface area (Å²) in [6.07, 6.45) is 6.32. The molecule has 0 fully saturated rings. The van der Waals surface area contributed by atoms with Gasteiger partial charge >= 0.3 is 0 Å². The fourth-order valence-corrected chi connectivity index (χ4v) is 2.09. The molecule has 19 heavy (non-hydrogen) atoms. The van der Waals surface area contributed by atoms with Crippen LogP contribution in [0.5, 0.6) is 0 Å². The Morgan fingerprint density at radius 2 is 1.84 bits per heavy atom. The topological polar surface area (TPSA) is 25.8 Å². The SMILES string of the molecule is CC(C)c1cncc(CC(C)c2ccc(F)nc2)c1. The molecule has 0 spiro atoms. The summed E-state index contributed by atoms with van der Waals surface area (Å²) in [6.45, 7) is 6.44. The van der Waals surface area contributed by atoms with Crippen LogP contribution in [0.3, 0.4) is 0 Å². The van der Waals surface area contributed by atoms with E-state index in [-0.39, 0.29) is 0 Å². The average molecular weight is 258 g/mol. The monoisotopic (exact) mass is 258 g/mol. The van der Waals surface area contributed by atoms with E-state index in [1.807, 2.05) is 12.4 Å². The van der Waals surface area contributed by atoms with Crippen molar-refractivity contribution in [3.8, 4) is 0 Å². The molecule has 0 N–H and O–H groups in total. The van der Waals surface area contributed by atoms with Gasteiger partial charge in [0, 0.05) is 18.6 Å². The minimum Gasteiger partial charge on any atom is -0.264 e. The molecule has 0 amide bonds. The molecule has 0 saturated heterocycles. The third-order valence-electron chi connectivity index (χ3n) is 3.34. The molecule has 2 aromatic heterocycles. The lowest BCUT2D eigenvalue weighted by Gasteiger charge is -2.13. The van der Waals surface area contributed by atoms with E-state index in [4.69, 9.17) is 0 Å². The summed E-state index contributed by atoms with van der Waals surface area (Å²) in [7, 11) is 0. The van der Waals surface area contributed by atoms with E-state index in [2.05, 4.69) is 36.8 Å². The van der Waals surface area contributed by atoms with Crippen LogP contribution in [-0.4, -0.2) is 9.97 Å². The lowest BCUT2D eigenvalue weighted by molar-refractivity contribution is 0.580. The molecular formula is C16H19FN2. The maximum absolute atomic E-state index is 12.8. The number of pyridine rings is 2. The Morgan fingerprint density at radius 1 is 1.05 bits per heavy atom. The minimum atomic E-state index is -0.431. The predicted molar refractivity (Wildman–Crippen MR) is 74.6 cm³/mol. The number of aromatic nitrogens is 2. The summed E-state index contributed by atoms with van der Waals surface area (Å²) in [5.74, 6) is 0.354. The molecule has 1 atom stereocenters. The third-order valence-corrected chi connectivity index (χ3v) is 3.34. The van der Waals surface area contributed by atoms with Gasteiger partial charge in [-0.2, -0.15) is 4.39 Å². The molecule has 0 radical (unpaired) electrons. The lowest BCUT2D eigenvalue weighted by atomic mass is 9.94. The normalized spacial score (nSPS) is 12.7. The summed E-state index contributed by atoms with van der Waals surface area (Å²) in [5.41, 5.74) is 3.52. The number of hydrogen-bond donors (Lipinski definition) is 0. The van der Waals surface area contributed by atoms with Crippen molar-refractivity contribution in [2.75, 3.05) is 0 Å². The lowest BCUT2D eigenvalue weighted by Crippen LogP contribution is -2.01. The first-order chi connectivity index (χ1) is 9.06. The highest BCUT2D eigenvalue weighted by Crippen LogP contribution is 2.21. The van der Waals surface area contributed by atoms with Crippen molar-refractivity contribution in [3.63, 3.8) is 0 Å². The van der Waals surface area contributed by atoms with Crippen molar-refractivity contribution < 1.29 is 4.39 Å². The fourth-order valence-electron chi connectivity index (χ4n) is 2.09. The molecule has 3 heteroatoms. The zero-order valence-corrected chi connectivity index (χ0v) is 11.6. The van der Waals surface area contributed by atoms with E-state index in [0.29, 0.717) is 11.8 Å². The smallest absolute Gasteiger partial charge is 0.212 e. The number of nitrogens with zero attached hydrogens (tertiary/aromatic N) is 2. The van der Waals surface area contributed by atoms with E-state index in [0.717, 1.165) is 12.0 Å². The van der Waals surface area contributed by atoms with E-state index in [9.17, 15) is 4.39 Å². The number of halogens is 1. The first-order valence-corrected chi connectivity index (χ1v) is 6.61. The van der Waals surface area contributed by atoms with Gasteiger partial charge in [0.25, 0.3) is 0 Å². The second kappa shape index (κ2) is 5.91. The van der Waals surface area contributed by atoms with Gasteiger partial charge in [-0.1, -0.05) is 32.9 Å². The zero-order valence-electron chi connectivity index (χ0n) is 11.6. The maximum atomic E-state index is 12.8. The molecule has 0 saturated carbocycles. The van der Waals surface area contributed by atoms with Crippen LogP contribution in [0.15, 0.2) is 36.8 Å². The van der Waals surface area contributed by atoms with Crippen LogP contribution in [0, 0.1) is 5.95 Å². The molecule has 100 valence electrons. The Balaban J connectivity index is 2.12. The second-order valence-corrected chi connectivity index (χ2v) is 5.30. The van der Waals surface area contributed by atoms with Crippen molar-refractivity contribution in [2.45, 2.75) is 39.0 Å². The highest BCUT2D eigenvalue weighted by atomic mass is 19.1. The van der Waals surface area contributed by atoms with Crippen molar-refractivity contribution in [1.82, 2.24) is 9.97 Å². The molecule has 2 heterocycles. The molecule has 2 aromatic rings. The van der Waals surface area contributed by atoms with Crippen LogP contribution >= 0.6 is 0 Å². The van der Waals surface area contributed by atoms with Gasteiger partial charge in [0.05, 0.1) is 0 Å². The Labute approximate surface area is 113 Å². The van der Waals surface area contributed by atoms with Gasteiger partial charge < -0.3 is 0 Å². The van der Waals surface area contributed by atoms with Crippen molar-refractivity contribution in [1.29, 1.82) is 0 Å². The molecule has 0 aromatic carbocycles. The van der Waals surface area contributed by atoms with E-state index in [1.165, 1.54) is 17.2 Å². The third kappa shape index (κ3) is 3.60. The molecule has 0 aliphatic rings. The second-order valence-electron chi connectivity index (χ2n) is 5.30. The summed E-state index contributed by atoms with van der Waals surface area (Å²) < 4.78 is 12.8. The van der Waals surface area contributed by atoms with Crippen LogP contribution < -0.4 is 0 Å². The Kier molecular flexibility index (Phi) is 4.25. The zero-order chi connectivity index (χ0) is 13.8. The molecule has 0 aliphatic carbocycles. The van der Waals surface area contributed by atoms with E-state index >= 15 is 0 Å². The fraction of sp³-hybridized carbons (Fsp3) is 0.375.